The van der Waals surface area contributed by atoms with Crippen molar-refractivity contribution < 1.29 is 9.50 Å². The summed E-state index contributed by atoms with van der Waals surface area (Å²) in [6.07, 6.45) is 0.181. The minimum Gasteiger partial charge on any atom is -0.391 e. The Labute approximate surface area is 89.3 Å². The Bertz CT molecular complexity index is 304. The predicted octanol–water partition coefficient (Wildman–Crippen LogP) is 1.59. The van der Waals surface area contributed by atoms with Crippen molar-refractivity contribution >= 4 is 0 Å². The molecule has 0 aromatic heterocycles. The Kier molecular flexibility index (Phi) is 3.34. The summed E-state index contributed by atoms with van der Waals surface area (Å²) < 4.78 is 12.7. The Hall–Kier alpha value is -0.930. The standard InChI is InChI=1S/C12H16FNO/c13-8-11-12(15)6-7-14(11)9-10-4-2-1-3-5-10/h1-5,11-12,15H,6-9H2. The molecule has 0 aliphatic carbocycles. The summed E-state index contributed by atoms with van der Waals surface area (Å²) >= 11 is 0. The maximum absolute atomic E-state index is 12.7. The quantitative estimate of drug-likeness (QED) is 0.817. The summed E-state index contributed by atoms with van der Waals surface area (Å²) in [5.41, 5.74) is 1.17. The molecule has 1 aromatic carbocycles. The molecule has 0 amide bonds. The van der Waals surface area contributed by atoms with E-state index in [4.69, 9.17) is 0 Å². The summed E-state index contributed by atoms with van der Waals surface area (Å²) in [6, 6.07) is 9.67. The van der Waals surface area contributed by atoms with Crippen LogP contribution in [0.3, 0.4) is 0 Å². The third-order valence-electron chi connectivity index (χ3n) is 3.01. The monoisotopic (exact) mass is 209 g/mol. The van der Waals surface area contributed by atoms with Crippen LogP contribution in [0.4, 0.5) is 4.39 Å². The van der Waals surface area contributed by atoms with Gasteiger partial charge in [0.15, 0.2) is 0 Å². The number of alkyl halides is 1. The highest BCUT2D eigenvalue weighted by atomic mass is 19.1. The second-order valence-electron chi connectivity index (χ2n) is 4.03. The number of rotatable bonds is 3. The average molecular weight is 209 g/mol. The van der Waals surface area contributed by atoms with Gasteiger partial charge in [0.1, 0.15) is 6.67 Å². The van der Waals surface area contributed by atoms with Crippen LogP contribution in [0.2, 0.25) is 0 Å². The van der Waals surface area contributed by atoms with Gasteiger partial charge in [-0.2, -0.15) is 0 Å². The van der Waals surface area contributed by atoms with Gasteiger partial charge in [0.25, 0.3) is 0 Å². The number of benzene rings is 1. The largest absolute Gasteiger partial charge is 0.391 e. The summed E-state index contributed by atoms with van der Waals surface area (Å²) in [5, 5.41) is 9.56. The van der Waals surface area contributed by atoms with E-state index in [2.05, 4.69) is 0 Å². The first kappa shape index (κ1) is 10.6. The molecule has 82 valence electrons. The molecule has 1 heterocycles. The third kappa shape index (κ3) is 2.36. The van der Waals surface area contributed by atoms with Crippen molar-refractivity contribution in [3.8, 4) is 0 Å². The minimum atomic E-state index is -0.501. The molecule has 1 saturated heterocycles. The van der Waals surface area contributed by atoms with Crippen LogP contribution in [-0.2, 0) is 6.54 Å². The van der Waals surface area contributed by atoms with Crippen LogP contribution in [0.25, 0.3) is 0 Å². The molecule has 2 unspecified atom stereocenters. The van der Waals surface area contributed by atoms with Crippen LogP contribution in [0.1, 0.15) is 12.0 Å². The van der Waals surface area contributed by atoms with Gasteiger partial charge in [0, 0.05) is 13.1 Å². The van der Waals surface area contributed by atoms with Gasteiger partial charge in [0.05, 0.1) is 12.1 Å². The zero-order valence-electron chi connectivity index (χ0n) is 8.64. The number of nitrogens with zero attached hydrogens (tertiary/aromatic N) is 1. The van der Waals surface area contributed by atoms with Gasteiger partial charge in [-0.25, -0.2) is 4.39 Å². The van der Waals surface area contributed by atoms with Crippen LogP contribution in [-0.4, -0.2) is 35.4 Å². The second kappa shape index (κ2) is 4.73. The van der Waals surface area contributed by atoms with E-state index >= 15 is 0 Å². The van der Waals surface area contributed by atoms with Gasteiger partial charge < -0.3 is 5.11 Å². The SMILES string of the molecule is OC1CCN(Cc2ccccc2)C1CF. The molecule has 0 saturated carbocycles. The van der Waals surface area contributed by atoms with Crippen molar-refractivity contribution in [3.63, 3.8) is 0 Å². The van der Waals surface area contributed by atoms with E-state index < -0.39 is 12.8 Å². The topological polar surface area (TPSA) is 23.5 Å². The van der Waals surface area contributed by atoms with E-state index in [9.17, 15) is 9.50 Å². The van der Waals surface area contributed by atoms with Crippen LogP contribution < -0.4 is 0 Å². The smallest absolute Gasteiger partial charge is 0.107 e. The van der Waals surface area contributed by atoms with E-state index in [-0.39, 0.29) is 6.04 Å². The molecule has 15 heavy (non-hydrogen) atoms. The van der Waals surface area contributed by atoms with Crippen LogP contribution >= 0.6 is 0 Å². The average Bonchev–Trinajstić information content (AvgIpc) is 2.61. The van der Waals surface area contributed by atoms with Gasteiger partial charge >= 0.3 is 0 Å². The molecule has 0 bridgehead atoms. The highest BCUT2D eigenvalue weighted by Gasteiger charge is 2.32. The molecule has 1 aliphatic rings. The third-order valence-corrected chi connectivity index (χ3v) is 3.01. The fraction of sp³-hybridized carbons (Fsp3) is 0.500. The summed E-state index contributed by atoms with van der Waals surface area (Å²) in [4.78, 5) is 2.01. The molecule has 0 spiro atoms. The molecular formula is C12H16FNO. The number of likely N-dealkylation sites (tertiary alicyclic amines) is 1. The van der Waals surface area contributed by atoms with Crippen LogP contribution in [0, 0.1) is 0 Å². The Morgan fingerprint density at radius 2 is 2.07 bits per heavy atom. The summed E-state index contributed by atoms with van der Waals surface area (Å²) in [7, 11) is 0. The van der Waals surface area contributed by atoms with E-state index in [0.29, 0.717) is 6.42 Å². The normalized spacial score (nSPS) is 27.1. The first-order valence-corrected chi connectivity index (χ1v) is 5.33. The van der Waals surface area contributed by atoms with E-state index in [1.165, 1.54) is 5.56 Å². The maximum Gasteiger partial charge on any atom is 0.107 e. The first-order chi connectivity index (χ1) is 7.31. The zero-order chi connectivity index (χ0) is 10.7. The fourth-order valence-corrected chi connectivity index (χ4v) is 2.11. The van der Waals surface area contributed by atoms with Crippen molar-refractivity contribution in [3.05, 3.63) is 35.9 Å². The molecule has 1 fully saturated rings. The number of halogens is 1. The summed E-state index contributed by atoms with van der Waals surface area (Å²) in [6.45, 7) is 1.05. The van der Waals surface area contributed by atoms with Gasteiger partial charge in [0.2, 0.25) is 0 Å². The molecule has 1 N–H and O–H groups in total. The molecule has 0 radical (unpaired) electrons. The first-order valence-electron chi connectivity index (χ1n) is 5.33. The van der Waals surface area contributed by atoms with Crippen LogP contribution in [0.15, 0.2) is 30.3 Å². The Balaban J connectivity index is 2.00. The Morgan fingerprint density at radius 3 is 2.73 bits per heavy atom. The minimum absolute atomic E-state index is 0.315. The fourth-order valence-electron chi connectivity index (χ4n) is 2.11. The lowest BCUT2D eigenvalue weighted by Gasteiger charge is -2.23. The van der Waals surface area contributed by atoms with Crippen molar-refractivity contribution in [1.82, 2.24) is 4.90 Å². The highest BCUT2D eigenvalue weighted by Crippen LogP contribution is 2.20. The number of aliphatic hydroxyl groups is 1. The van der Waals surface area contributed by atoms with Crippen LogP contribution in [0.5, 0.6) is 0 Å². The lowest BCUT2D eigenvalue weighted by Crippen LogP contribution is -2.36. The second-order valence-corrected chi connectivity index (χ2v) is 4.03. The van der Waals surface area contributed by atoms with Crippen molar-refractivity contribution in [2.75, 3.05) is 13.2 Å². The number of aliphatic hydroxyl groups excluding tert-OH is 1. The highest BCUT2D eigenvalue weighted by molar-refractivity contribution is 5.15. The van der Waals surface area contributed by atoms with Crippen molar-refractivity contribution in [2.24, 2.45) is 0 Å². The van der Waals surface area contributed by atoms with E-state index in [1.807, 2.05) is 35.2 Å². The van der Waals surface area contributed by atoms with Crippen molar-refractivity contribution in [2.45, 2.75) is 25.1 Å². The van der Waals surface area contributed by atoms with Gasteiger partial charge in [-0.15, -0.1) is 0 Å². The molecule has 2 nitrogen and oxygen atoms in total. The lowest BCUT2D eigenvalue weighted by molar-refractivity contribution is 0.0943. The van der Waals surface area contributed by atoms with Gasteiger partial charge in [-0.1, -0.05) is 30.3 Å². The maximum atomic E-state index is 12.7. The number of hydrogen-bond acceptors (Lipinski definition) is 2. The number of hydrogen-bond donors (Lipinski definition) is 1. The molecule has 3 heteroatoms. The lowest BCUT2D eigenvalue weighted by atomic mass is 10.1. The molecule has 1 aliphatic heterocycles. The van der Waals surface area contributed by atoms with E-state index in [1.54, 1.807) is 0 Å². The zero-order valence-corrected chi connectivity index (χ0v) is 8.64. The molecule has 2 rings (SSSR count). The molecular weight excluding hydrogens is 193 g/mol. The summed E-state index contributed by atoms with van der Waals surface area (Å²) in [5.74, 6) is 0. The Morgan fingerprint density at radius 1 is 1.33 bits per heavy atom. The molecule has 2 atom stereocenters. The van der Waals surface area contributed by atoms with Crippen molar-refractivity contribution in [1.29, 1.82) is 0 Å². The predicted molar refractivity (Wildman–Crippen MR) is 57.2 cm³/mol. The molecule has 1 aromatic rings. The van der Waals surface area contributed by atoms with E-state index in [0.717, 1.165) is 13.1 Å². The van der Waals surface area contributed by atoms with Gasteiger partial charge in [-0.3, -0.25) is 4.90 Å². The van der Waals surface area contributed by atoms with Gasteiger partial charge in [-0.05, 0) is 12.0 Å².